The van der Waals surface area contributed by atoms with Crippen LogP contribution in [0.25, 0.3) is 16.3 Å². The van der Waals surface area contributed by atoms with Gasteiger partial charge in [0.15, 0.2) is 10.4 Å². The number of hydrogen-bond donors (Lipinski definition) is 0. The molecule has 34 heavy (non-hydrogen) atoms. The van der Waals surface area contributed by atoms with E-state index in [4.69, 9.17) is 4.74 Å². The Morgan fingerprint density at radius 3 is 2.50 bits per heavy atom. The minimum Gasteiger partial charge on any atom is -0.458 e. The van der Waals surface area contributed by atoms with Gasteiger partial charge < -0.3 is 9.64 Å². The van der Waals surface area contributed by atoms with E-state index in [2.05, 4.69) is 11.6 Å². The first-order chi connectivity index (χ1) is 16.1. The Kier molecular flexibility index (Phi) is 7.21. The summed E-state index contributed by atoms with van der Waals surface area (Å²) in [7, 11) is 3.02. The van der Waals surface area contributed by atoms with Crippen LogP contribution in [0.1, 0.15) is 33.3 Å². The highest BCUT2D eigenvalue weighted by atomic mass is 33.1. The average molecular weight is 511 g/mol. The number of carbonyl (C=O) groups excluding carboxylic acids is 2. The predicted octanol–water partition coefficient (Wildman–Crippen LogP) is 6.57. The molecule has 5 nitrogen and oxygen atoms in total. The van der Waals surface area contributed by atoms with Crippen LogP contribution in [0.2, 0.25) is 0 Å². The van der Waals surface area contributed by atoms with Gasteiger partial charge in [0, 0.05) is 0 Å². The Morgan fingerprint density at radius 1 is 1.18 bits per heavy atom. The SMILES string of the molecule is C=C(C)[C@H](C(=O)OC(C)(C)C)N1C(=O)/C(=C/c2ccccc2)[C@H]1SSc1nc2ccccc2s1. The quantitative estimate of drug-likeness (QED) is 0.118. The summed E-state index contributed by atoms with van der Waals surface area (Å²) in [6, 6.07) is 16.8. The van der Waals surface area contributed by atoms with E-state index in [9.17, 15) is 9.59 Å². The van der Waals surface area contributed by atoms with E-state index in [0.29, 0.717) is 11.1 Å². The Balaban J connectivity index is 1.63. The number of hydrogen-bond acceptors (Lipinski definition) is 7. The van der Waals surface area contributed by atoms with Crippen LogP contribution in [0.15, 0.2) is 76.7 Å². The molecule has 0 aliphatic carbocycles. The van der Waals surface area contributed by atoms with Gasteiger partial charge in [0.05, 0.1) is 15.8 Å². The van der Waals surface area contributed by atoms with Gasteiger partial charge in [0.2, 0.25) is 0 Å². The van der Waals surface area contributed by atoms with Crippen molar-refractivity contribution in [1.29, 1.82) is 0 Å². The topological polar surface area (TPSA) is 59.5 Å². The minimum absolute atomic E-state index is 0.190. The molecular formula is C26H26N2O3S3. The van der Waals surface area contributed by atoms with Crippen molar-refractivity contribution in [1.82, 2.24) is 9.88 Å². The second-order valence-electron chi connectivity index (χ2n) is 8.98. The largest absolute Gasteiger partial charge is 0.458 e. The third-order valence-corrected chi connectivity index (χ3v) is 8.93. The van der Waals surface area contributed by atoms with Gasteiger partial charge in [-0.2, -0.15) is 0 Å². The Hall–Kier alpha value is -2.55. The maximum atomic E-state index is 13.3. The molecule has 0 saturated carbocycles. The van der Waals surface area contributed by atoms with Crippen molar-refractivity contribution in [3.8, 4) is 0 Å². The second kappa shape index (κ2) is 9.98. The Bertz CT molecular complexity index is 1230. The van der Waals surface area contributed by atoms with E-state index >= 15 is 0 Å². The molecular weight excluding hydrogens is 484 g/mol. The van der Waals surface area contributed by atoms with Crippen LogP contribution in [-0.4, -0.2) is 38.8 Å². The van der Waals surface area contributed by atoms with Gasteiger partial charge in [-0.3, -0.25) is 4.79 Å². The van der Waals surface area contributed by atoms with Gasteiger partial charge >= 0.3 is 5.97 Å². The molecule has 0 bridgehead atoms. The van der Waals surface area contributed by atoms with Crippen LogP contribution in [0.4, 0.5) is 0 Å². The summed E-state index contributed by atoms with van der Waals surface area (Å²) in [6.45, 7) is 11.2. The highest BCUT2D eigenvalue weighted by Crippen LogP contribution is 2.48. The zero-order valence-electron chi connectivity index (χ0n) is 19.5. The van der Waals surface area contributed by atoms with Crippen molar-refractivity contribution in [3.05, 3.63) is 77.9 Å². The van der Waals surface area contributed by atoms with E-state index in [1.165, 1.54) is 21.6 Å². The molecule has 0 N–H and O–H groups in total. The predicted molar refractivity (Wildman–Crippen MR) is 143 cm³/mol. The van der Waals surface area contributed by atoms with Crippen molar-refractivity contribution >= 4 is 61.1 Å². The van der Waals surface area contributed by atoms with Crippen LogP contribution in [0.3, 0.4) is 0 Å². The lowest BCUT2D eigenvalue weighted by Gasteiger charge is -2.46. The first kappa shape index (κ1) is 24.6. The summed E-state index contributed by atoms with van der Waals surface area (Å²) < 4.78 is 7.64. The molecule has 1 saturated heterocycles. The van der Waals surface area contributed by atoms with Crippen molar-refractivity contribution < 1.29 is 14.3 Å². The first-order valence-electron chi connectivity index (χ1n) is 10.8. The van der Waals surface area contributed by atoms with Crippen molar-refractivity contribution in [2.24, 2.45) is 0 Å². The van der Waals surface area contributed by atoms with Crippen LogP contribution in [0.5, 0.6) is 0 Å². The van der Waals surface area contributed by atoms with E-state index < -0.39 is 17.6 Å². The molecule has 2 aromatic carbocycles. The number of β-lactam (4-membered cyclic amide) rings is 1. The molecule has 1 aliphatic rings. The molecule has 2 atom stereocenters. The molecule has 176 valence electrons. The molecule has 4 rings (SSSR count). The number of likely N-dealkylation sites (tertiary alicyclic amines) is 1. The smallest absolute Gasteiger partial charge is 0.333 e. The lowest BCUT2D eigenvalue weighted by atomic mass is 9.97. The number of fused-ring (bicyclic) bond motifs is 1. The Labute approximate surface area is 211 Å². The van der Waals surface area contributed by atoms with Gasteiger partial charge in [-0.1, -0.05) is 59.8 Å². The molecule has 1 aliphatic heterocycles. The summed E-state index contributed by atoms with van der Waals surface area (Å²) in [6.07, 6.45) is 1.89. The third kappa shape index (κ3) is 5.40. The standard InChI is InChI=1S/C26H26N2O3S3/c1-16(2)21(24(30)31-26(3,4)5)28-22(29)18(15-17-11-7-6-8-12-17)23(28)33-34-25-27-19-13-9-10-14-20(19)32-25/h6-15,21,23H,1H2,2-5H3/b18-15-/t21-,23-/m1/s1. The van der Waals surface area contributed by atoms with Crippen molar-refractivity contribution in [3.63, 3.8) is 0 Å². The highest BCUT2D eigenvalue weighted by Gasteiger charge is 2.50. The first-order valence-corrected chi connectivity index (χ1v) is 13.8. The number of carbonyl (C=O) groups is 2. The number of amides is 1. The van der Waals surface area contributed by atoms with Gasteiger partial charge in [-0.25, -0.2) is 9.78 Å². The zero-order valence-corrected chi connectivity index (χ0v) is 21.9. The number of esters is 1. The number of nitrogens with zero attached hydrogens (tertiary/aromatic N) is 2. The summed E-state index contributed by atoms with van der Waals surface area (Å²) in [5.41, 5.74) is 2.42. The monoisotopic (exact) mass is 510 g/mol. The van der Waals surface area contributed by atoms with Crippen molar-refractivity contribution in [2.45, 2.75) is 49.1 Å². The highest BCUT2D eigenvalue weighted by molar-refractivity contribution is 8.77. The molecule has 1 aromatic heterocycles. The van der Waals surface area contributed by atoms with Gasteiger partial charge in [0.1, 0.15) is 11.0 Å². The summed E-state index contributed by atoms with van der Waals surface area (Å²) in [5, 5.41) is -0.348. The van der Waals surface area contributed by atoms with Gasteiger partial charge in [0.25, 0.3) is 5.91 Å². The van der Waals surface area contributed by atoms with Crippen molar-refractivity contribution in [2.75, 3.05) is 0 Å². The van der Waals surface area contributed by atoms with Crippen LogP contribution in [0, 0.1) is 0 Å². The molecule has 3 aromatic rings. The Morgan fingerprint density at radius 2 is 1.85 bits per heavy atom. The third-order valence-electron chi connectivity index (χ3n) is 4.98. The van der Waals surface area contributed by atoms with Gasteiger partial charge in [-0.15, -0.1) is 11.3 Å². The number of aromatic nitrogens is 1. The normalized spacial score (nSPS) is 18.1. The lowest BCUT2D eigenvalue weighted by Crippen LogP contribution is -2.61. The lowest BCUT2D eigenvalue weighted by molar-refractivity contribution is -0.164. The number of thiazole rings is 1. The van der Waals surface area contributed by atoms with Gasteiger partial charge in [-0.05, 0) is 67.8 Å². The fourth-order valence-corrected chi connectivity index (χ4v) is 7.42. The summed E-state index contributed by atoms with van der Waals surface area (Å²) >= 11 is 1.61. The second-order valence-corrected chi connectivity index (χ2v) is 12.5. The zero-order chi connectivity index (χ0) is 24.5. The number of ether oxygens (including phenoxy) is 1. The molecule has 1 amide bonds. The minimum atomic E-state index is -0.854. The summed E-state index contributed by atoms with van der Waals surface area (Å²) in [5.74, 6) is -0.659. The molecule has 2 heterocycles. The van der Waals surface area contributed by atoms with E-state index in [-0.39, 0.29) is 11.3 Å². The molecule has 8 heteroatoms. The number of rotatable bonds is 7. The molecule has 0 radical (unpaired) electrons. The van der Waals surface area contributed by atoms with E-state index in [1.54, 1.807) is 23.2 Å². The number of para-hydroxylation sites is 1. The average Bonchev–Trinajstić information content (AvgIpc) is 3.19. The molecule has 1 fully saturated rings. The summed E-state index contributed by atoms with van der Waals surface area (Å²) in [4.78, 5) is 32.6. The van der Waals surface area contributed by atoms with E-state index in [1.807, 2.05) is 81.4 Å². The van der Waals surface area contributed by atoms with Crippen LogP contribution >= 0.6 is 32.9 Å². The van der Waals surface area contributed by atoms with Crippen LogP contribution in [-0.2, 0) is 14.3 Å². The number of benzene rings is 2. The molecule has 0 unspecified atom stereocenters. The molecule has 0 spiro atoms. The van der Waals surface area contributed by atoms with Crippen LogP contribution < -0.4 is 0 Å². The van der Waals surface area contributed by atoms with E-state index in [0.717, 1.165) is 20.1 Å². The maximum absolute atomic E-state index is 13.3. The fourth-order valence-electron chi connectivity index (χ4n) is 3.54. The fraction of sp³-hybridized carbons (Fsp3) is 0.269. The maximum Gasteiger partial charge on any atom is 0.333 e.